The van der Waals surface area contributed by atoms with Gasteiger partial charge in [0, 0.05) is 28.9 Å². The van der Waals surface area contributed by atoms with Crippen LogP contribution in [0.25, 0.3) is 0 Å². The van der Waals surface area contributed by atoms with E-state index in [-0.39, 0.29) is 22.1 Å². The van der Waals surface area contributed by atoms with Gasteiger partial charge in [-0.15, -0.1) is 6.58 Å². The number of nitro groups is 1. The van der Waals surface area contributed by atoms with E-state index in [1.54, 1.807) is 18.2 Å². The molecule has 0 N–H and O–H groups in total. The topological polar surface area (TPSA) is 108 Å². The Bertz CT molecular complexity index is 1300. The minimum atomic E-state index is -4.14. The third kappa shape index (κ3) is 5.97. The first-order chi connectivity index (χ1) is 15.7. The van der Waals surface area contributed by atoms with E-state index in [0.717, 1.165) is 0 Å². The number of methoxy groups -OCH3 is 1. The second-order valence-electron chi connectivity index (χ2n) is 6.73. The average Bonchev–Trinajstić information content (AvgIpc) is 2.79. The number of hydrogen-bond donors (Lipinski definition) is 0. The third-order valence-electron chi connectivity index (χ3n) is 4.46. The number of aliphatic imine (C=N–C) groups is 1. The molecule has 3 aromatic carbocycles. The molecule has 8 nitrogen and oxygen atoms in total. The smallest absolute Gasteiger partial charge is 0.339 e. The highest BCUT2D eigenvalue weighted by Crippen LogP contribution is 2.35. The molecule has 0 saturated heterocycles. The van der Waals surface area contributed by atoms with Gasteiger partial charge in [0.05, 0.1) is 17.7 Å². The lowest BCUT2D eigenvalue weighted by Crippen LogP contribution is -2.12. The molecule has 170 valence electrons. The number of benzene rings is 3. The number of rotatable bonds is 9. The van der Waals surface area contributed by atoms with Crippen molar-refractivity contribution in [3.8, 4) is 11.5 Å². The first-order valence-electron chi connectivity index (χ1n) is 9.54. The Labute approximate surface area is 196 Å². The van der Waals surface area contributed by atoms with Crippen molar-refractivity contribution in [3.63, 3.8) is 0 Å². The molecular formula is C23H19ClN2O6S. The van der Waals surface area contributed by atoms with Crippen LogP contribution in [-0.2, 0) is 16.5 Å². The highest BCUT2D eigenvalue weighted by Gasteiger charge is 2.22. The largest absolute Gasteiger partial charge is 0.493 e. The van der Waals surface area contributed by atoms with Crippen LogP contribution in [0.5, 0.6) is 11.5 Å². The van der Waals surface area contributed by atoms with Crippen LogP contribution < -0.4 is 8.92 Å². The van der Waals surface area contributed by atoms with Gasteiger partial charge in [-0.1, -0.05) is 17.7 Å². The Kier molecular flexibility index (Phi) is 7.47. The van der Waals surface area contributed by atoms with Gasteiger partial charge >= 0.3 is 10.1 Å². The van der Waals surface area contributed by atoms with E-state index in [2.05, 4.69) is 11.6 Å². The monoisotopic (exact) mass is 486 g/mol. The summed E-state index contributed by atoms with van der Waals surface area (Å²) in [6, 6.07) is 14.6. The molecule has 3 rings (SSSR count). The molecule has 0 fully saturated rings. The van der Waals surface area contributed by atoms with E-state index < -0.39 is 15.0 Å². The number of allylic oxidation sites excluding steroid dienone is 1. The molecule has 0 spiro atoms. The summed E-state index contributed by atoms with van der Waals surface area (Å²) in [5, 5.41) is 11.2. The molecule has 0 aliphatic carbocycles. The number of non-ortho nitro benzene ring substituents is 1. The average molecular weight is 487 g/mol. The van der Waals surface area contributed by atoms with Gasteiger partial charge in [-0.3, -0.25) is 15.1 Å². The zero-order valence-corrected chi connectivity index (χ0v) is 19.0. The van der Waals surface area contributed by atoms with Gasteiger partial charge in [-0.05, 0) is 60.5 Å². The molecule has 0 radical (unpaired) electrons. The van der Waals surface area contributed by atoms with E-state index in [4.69, 9.17) is 20.5 Å². The van der Waals surface area contributed by atoms with Gasteiger partial charge in [0.25, 0.3) is 5.69 Å². The molecular weight excluding hydrogens is 468 g/mol. The quantitative estimate of drug-likeness (QED) is 0.130. The molecule has 0 unspecified atom stereocenters. The molecule has 0 heterocycles. The maximum Gasteiger partial charge on any atom is 0.339 e. The molecule has 0 saturated carbocycles. The van der Waals surface area contributed by atoms with Gasteiger partial charge in [0.2, 0.25) is 0 Å². The number of nitrogens with zero attached hydrogens (tertiary/aromatic N) is 2. The fraction of sp³-hybridized carbons (Fsp3) is 0.0870. The van der Waals surface area contributed by atoms with Gasteiger partial charge in [-0.2, -0.15) is 8.42 Å². The summed E-state index contributed by atoms with van der Waals surface area (Å²) in [5.41, 5.74) is 1.60. The summed E-state index contributed by atoms with van der Waals surface area (Å²) in [7, 11) is -2.75. The van der Waals surface area contributed by atoms with Crippen molar-refractivity contribution in [2.45, 2.75) is 11.3 Å². The molecule has 3 aromatic rings. The SMILES string of the molecule is C=CCc1cc(C=Nc2ccc([N+](=O)[O-])cc2)cc(OC)c1OS(=O)(=O)c1ccc(Cl)cc1. The van der Waals surface area contributed by atoms with E-state index >= 15 is 0 Å². The van der Waals surface area contributed by atoms with Crippen LogP contribution >= 0.6 is 11.6 Å². The summed E-state index contributed by atoms with van der Waals surface area (Å²) in [6.07, 6.45) is 3.45. The number of ether oxygens (including phenoxy) is 1. The standard InChI is InChI=1S/C23H19ClN2O6S/c1-3-4-17-13-16(15-25-19-7-9-20(10-8-19)26(27)28)14-22(31-2)23(17)32-33(29,30)21-11-5-18(24)6-12-21/h3,5-15H,1,4H2,2H3. The van der Waals surface area contributed by atoms with Crippen LogP contribution in [0.1, 0.15) is 11.1 Å². The van der Waals surface area contributed by atoms with Crippen LogP contribution in [0.3, 0.4) is 0 Å². The van der Waals surface area contributed by atoms with Gasteiger partial charge in [-0.25, -0.2) is 0 Å². The first-order valence-corrected chi connectivity index (χ1v) is 11.3. The Hall–Kier alpha value is -3.69. The molecule has 0 bridgehead atoms. The van der Waals surface area contributed by atoms with Crippen molar-refractivity contribution in [3.05, 3.63) is 99.6 Å². The predicted molar refractivity (Wildman–Crippen MR) is 127 cm³/mol. The van der Waals surface area contributed by atoms with E-state index in [1.165, 1.54) is 61.9 Å². The summed E-state index contributed by atoms with van der Waals surface area (Å²) >= 11 is 5.84. The maximum absolute atomic E-state index is 12.8. The van der Waals surface area contributed by atoms with Crippen LogP contribution in [0.15, 0.2) is 83.2 Å². The summed E-state index contributed by atoms with van der Waals surface area (Å²) in [6.45, 7) is 3.71. The molecule has 0 aliphatic heterocycles. The van der Waals surface area contributed by atoms with Gasteiger partial charge in [0.1, 0.15) is 4.90 Å². The zero-order valence-electron chi connectivity index (χ0n) is 17.5. The van der Waals surface area contributed by atoms with Crippen LogP contribution in [0.2, 0.25) is 5.02 Å². The Balaban J connectivity index is 1.96. The maximum atomic E-state index is 12.8. The fourth-order valence-corrected chi connectivity index (χ4v) is 3.98. The van der Waals surface area contributed by atoms with Crippen molar-refractivity contribution in [1.82, 2.24) is 0 Å². The van der Waals surface area contributed by atoms with Crippen molar-refractivity contribution in [2.24, 2.45) is 4.99 Å². The Morgan fingerprint density at radius 2 is 1.79 bits per heavy atom. The Morgan fingerprint density at radius 3 is 2.36 bits per heavy atom. The van der Waals surface area contributed by atoms with E-state index in [0.29, 0.717) is 28.3 Å². The summed E-state index contributed by atoms with van der Waals surface area (Å²) in [5.74, 6) is 0.233. The minimum Gasteiger partial charge on any atom is -0.493 e. The van der Waals surface area contributed by atoms with Crippen molar-refractivity contribution >= 4 is 39.3 Å². The normalized spacial score (nSPS) is 11.3. The Morgan fingerprint density at radius 1 is 1.12 bits per heavy atom. The third-order valence-corrected chi connectivity index (χ3v) is 5.94. The highest BCUT2D eigenvalue weighted by molar-refractivity contribution is 7.87. The van der Waals surface area contributed by atoms with E-state index in [9.17, 15) is 18.5 Å². The first kappa shape index (κ1) is 24.0. The lowest BCUT2D eigenvalue weighted by atomic mass is 10.1. The van der Waals surface area contributed by atoms with Gasteiger partial charge in [0.15, 0.2) is 11.5 Å². The molecule has 0 atom stereocenters. The second-order valence-corrected chi connectivity index (χ2v) is 8.71. The van der Waals surface area contributed by atoms with Crippen LogP contribution in [0.4, 0.5) is 11.4 Å². The molecule has 33 heavy (non-hydrogen) atoms. The minimum absolute atomic E-state index is 0.0349. The molecule has 0 aromatic heterocycles. The molecule has 10 heteroatoms. The van der Waals surface area contributed by atoms with Gasteiger partial charge < -0.3 is 8.92 Å². The molecule has 0 aliphatic rings. The zero-order chi connectivity index (χ0) is 24.0. The fourth-order valence-electron chi connectivity index (χ4n) is 2.88. The summed E-state index contributed by atoms with van der Waals surface area (Å²) < 4.78 is 36.4. The lowest BCUT2D eigenvalue weighted by molar-refractivity contribution is -0.384. The highest BCUT2D eigenvalue weighted by atomic mass is 35.5. The van der Waals surface area contributed by atoms with Crippen molar-refractivity contribution in [1.29, 1.82) is 0 Å². The van der Waals surface area contributed by atoms with Crippen molar-refractivity contribution < 1.29 is 22.3 Å². The molecule has 0 amide bonds. The van der Waals surface area contributed by atoms with Crippen LogP contribution in [0, 0.1) is 10.1 Å². The van der Waals surface area contributed by atoms with E-state index in [1.807, 2.05) is 0 Å². The number of nitro benzene ring substituents is 1. The van der Waals surface area contributed by atoms with Crippen molar-refractivity contribution in [2.75, 3.05) is 7.11 Å². The number of hydrogen-bond acceptors (Lipinski definition) is 7. The summed E-state index contributed by atoms with van der Waals surface area (Å²) in [4.78, 5) is 14.6. The number of halogens is 1. The van der Waals surface area contributed by atoms with Crippen LogP contribution in [-0.4, -0.2) is 26.7 Å². The predicted octanol–water partition coefficient (Wildman–Crippen LogP) is 5.50. The lowest BCUT2D eigenvalue weighted by Gasteiger charge is -2.15. The second kappa shape index (κ2) is 10.3.